The Morgan fingerprint density at radius 2 is 2.27 bits per heavy atom. The monoisotopic (exact) mass is 203 g/mol. The normalized spacial score (nSPS) is 13.7. The Bertz CT molecular complexity index is 463. The quantitative estimate of drug-likeness (QED) is 0.783. The number of Topliss-reactive ketones (excluding diaryl/α,β-unsaturated/α-hetero) is 1. The number of fused-ring (bicyclic) bond motifs is 1. The lowest BCUT2D eigenvalue weighted by atomic mass is 10.0. The molecule has 1 aliphatic rings. The van der Waals surface area contributed by atoms with Crippen molar-refractivity contribution in [2.45, 2.75) is 12.8 Å². The largest absolute Gasteiger partial charge is 0.481 e. The number of carboxylic acids is 1. The maximum absolute atomic E-state index is 11.1. The van der Waals surface area contributed by atoms with E-state index in [-0.39, 0.29) is 12.2 Å². The van der Waals surface area contributed by atoms with Gasteiger partial charge in [0.05, 0.1) is 18.3 Å². The molecular weight excluding hydrogens is 194 g/mol. The first-order valence-corrected chi connectivity index (χ1v) is 4.55. The van der Waals surface area contributed by atoms with Crippen molar-refractivity contribution in [2.24, 2.45) is 4.99 Å². The van der Waals surface area contributed by atoms with Crippen molar-refractivity contribution in [2.75, 3.05) is 0 Å². The molecule has 0 radical (unpaired) electrons. The maximum atomic E-state index is 11.1. The van der Waals surface area contributed by atoms with Crippen LogP contribution in [0.5, 0.6) is 0 Å². The molecule has 1 heterocycles. The van der Waals surface area contributed by atoms with Gasteiger partial charge in [0.15, 0.2) is 5.78 Å². The van der Waals surface area contributed by atoms with E-state index in [0.29, 0.717) is 12.0 Å². The Balaban J connectivity index is 2.33. The molecule has 76 valence electrons. The summed E-state index contributed by atoms with van der Waals surface area (Å²) in [6.45, 7) is 0. The van der Waals surface area contributed by atoms with Gasteiger partial charge in [0, 0.05) is 6.42 Å². The summed E-state index contributed by atoms with van der Waals surface area (Å²) in [6.07, 6.45) is 1.59. The lowest BCUT2D eigenvalue weighted by molar-refractivity contribution is -0.136. The molecule has 0 saturated heterocycles. The van der Waals surface area contributed by atoms with Crippen LogP contribution in [0.2, 0.25) is 0 Å². The van der Waals surface area contributed by atoms with E-state index in [9.17, 15) is 9.59 Å². The summed E-state index contributed by atoms with van der Waals surface area (Å²) in [5.74, 6) is -0.921. The molecule has 2 rings (SSSR count). The van der Waals surface area contributed by atoms with Gasteiger partial charge in [-0.3, -0.25) is 14.6 Å². The highest BCUT2D eigenvalue weighted by atomic mass is 16.4. The van der Waals surface area contributed by atoms with Crippen LogP contribution in [-0.4, -0.2) is 23.1 Å². The summed E-state index contributed by atoms with van der Waals surface area (Å²) in [4.78, 5) is 25.6. The number of benzene rings is 1. The van der Waals surface area contributed by atoms with Gasteiger partial charge in [-0.2, -0.15) is 0 Å². The van der Waals surface area contributed by atoms with Gasteiger partial charge in [0.25, 0.3) is 0 Å². The van der Waals surface area contributed by atoms with Gasteiger partial charge in [0.2, 0.25) is 0 Å². The Morgan fingerprint density at radius 3 is 3.00 bits per heavy atom. The Labute approximate surface area is 86.3 Å². The molecule has 0 amide bonds. The SMILES string of the molecule is O=C(O)Cc1ccc2c(c1)CC(=O)C=N2. The first-order valence-electron chi connectivity index (χ1n) is 4.55. The van der Waals surface area contributed by atoms with Crippen LogP contribution in [0.15, 0.2) is 23.2 Å². The molecule has 4 heteroatoms. The first-order chi connectivity index (χ1) is 7.15. The van der Waals surface area contributed by atoms with E-state index >= 15 is 0 Å². The number of ketones is 1. The van der Waals surface area contributed by atoms with Gasteiger partial charge in [-0.1, -0.05) is 12.1 Å². The zero-order valence-corrected chi connectivity index (χ0v) is 7.93. The van der Waals surface area contributed by atoms with Gasteiger partial charge in [-0.15, -0.1) is 0 Å². The van der Waals surface area contributed by atoms with Crippen molar-refractivity contribution >= 4 is 23.7 Å². The minimum absolute atomic E-state index is 0.0226. The molecule has 0 unspecified atom stereocenters. The van der Waals surface area contributed by atoms with Gasteiger partial charge in [0.1, 0.15) is 0 Å². The number of hydrogen-bond donors (Lipinski definition) is 1. The number of hydrogen-bond acceptors (Lipinski definition) is 3. The highest BCUT2D eigenvalue weighted by Crippen LogP contribution is 2.24. The third-order valence-electron chi connectivity index (χ3n) is 2.21. The van der Waals surface area contributed by atoms with Crippen LogP contribution in [0.3, 0.4) is 0 Å². The van der Waals surface area contributed by atoms with E-state index in [1.54, 1.807) is 18.2 Å². The zero-order valence-electron chi connectivity index (χ0n) is 7.93. The van der Waals surface area contributed by atoms with Crippen molar-refractivity contribution < 1.29 is 14.7 Å². The van der Waals surface area contributed by atoms with Crippen LogP contribution in [0.4, 0.5) is 5.69 Å². The molecule has 15 heavy (non-hydrogen) atoms. The summed E-state index contributed by atoms with van der Waals surface area (Å²) in [5.41, 5.74) is 2.26. The topological polar surface area (TPSA) is 66.7 Å². The van der Waals surface area contributed by atoms with Crippen LogP contribution < -0.4 is 0 Å². The Kier molecular flexibility index (Phi) is 2.33. The molecule has 0 fully saturated rings. The lowest BCUT2D eigenvalue weighted by Crippen LogP contribution is -2.09. The average Bonchev–Trinajstić information content (AvgIpc) is 2.16. The van der Waals surface area contributed by atoms with Crippen molar-refractivity contribution in [3.8, 4) is 0 Å². The minimum atomic E-state index is -0.874. The van der Waals surface area contributed by atoms with Gasteiger partial charge >= 0.3 is 5.97 Å². The molecule has 0 aliphatic carbocycles. The van der Waals surface area contributed by atoms with Crippen molar-refractivity contribution in [1.29, 1.82) is 0 Å². The van der Waals surface area contributed by atoms with Gasteiger partial charge < -0.3 is 5.11 Å². The number of rotatable bonds is 2. The molecule has 1 N–H and O–H groups in total. The molecule has 0 bridgehead atoms. The summed E-state index contributed by atoms with van der Waals surface area (Å²) in [7, 11) is 0. The zero-order chi connectivity index (χ0) is 10.8. The number of carbonyl (C=O) groups is 2. The fraction of sp³-hybridized carbons (Fsp3) is 0.182. The second-order valence-electron chi connectivity index (χ2n) is 3.43. The van der Waals surface area contributed by atoms with Crippen LogP contribution >= 0.6 is 0 Å². The fourth-order valence-electron chi connectivity index (χ4n) is 1.57. The van der Waals surface area contributed by atoms with E-state index in [1.807, 2.05) is 0 Å². The molecule has 1 aromatic carbocycles. The Hall–Kier alpha value is -1.97. The van der Waals surface area contributed by atoms with Gasteiger partial charge in [-0.25, -0.2) is 0 Å². The average molecular weight is 203 g/mol. The number of aliphatic imine (C=N–C) groups is 1. The van der Waals surface area contributed by atoms with Crippen LogP contribution in [0, 0.1) is 0 Å². The molecule has 0 atom stereocenters. The maximum Gasteiger partial charge on any atom is 0.307 e. The van der Waals surface area contributed by atoms with E-state index in [0.717, 1.165) is 11.3 Å². The van der Waals surface area contributed by atoms with E-state index < -0.39 is 5.97 Å². The van der Waals surface area contributed by atoms with Gasteiger partial charge in [-0.05, 0) is 17.2 Å². The second kappa shape index (κ2) is 3.65. The molecule has 0 spiro atoms. The number of carbonyl (C=O) groups excluding carboxylic acids is 1. The van der Waals surface area contributed by atoms with Crippen molar-refractivity contribution in [3.63, 3.8) is 0 Å². The smallest absolute Gasteiger partial charge is 0.307 e. The summed E-state index contributed by atoms with van der Waals surface area (Å²) < 4.78 is 0. The molecule has 0 saturated carbocycles. The van der Waals surface area contributed by atoms with Crippen molar-refractivity contribution in [3.05, 3.63) is 29.3 Å². The third-order valence-corrected chi connectivity index (χ3v) is 2.21. The summed E-state index contributed by atoms with van der Waals surface area (Å²) in [5, 5.41) is 8.63. The molecule has 1 aromatic rings. The van der Waals surface area contributed by atoms with Crippen molar-refractivity contribution in [1.82, 2.24) is 0 Å². The van der Waals surface area contributed by atoms with E-state index in [2.05, 4.69) is 4.99 Å². The van der Waals surface area contributed by atoms with E-state index in [1.165, 1.54) is 6.21 Å². The first kappa shape index (κ1) is 9.58. The molecular formula is C11H9NO3. The van der Waals surface area contributed by atoms with E-state index in [4.69, 9.17) is 5.11 Å². The number of carboxylic acid groups (broad SMARTS) is 1. The van der Waals surface area contributed by atoms with Crippen LogP contribution in [-0.2, 0) is 22.4 Å². The fourth-order valence-corrected chi connectivity index (χ4v) is 1.57. The molecule has 0 aromatic heterocycles. The second-order valence-corrected chi connectivity index (χ2v) is 3.43. The highest BCUT2D eigenvalue weighted by molar-refractivity contribution is 6.29. The summed E-state index contributed by atoms with van der Waals surface area (Å²) in [6, 6.07) is 5.20. The number of aliphatic carboxylic acids is 1. The lowest BCUT2D eigenvalue weighted by Gasteiger charge is -2.09. The van der Waals surface area contributed by atoms with Crippen LogP contribution in [0.25, 0.3) is 0 Å². The Morgan fingerprint density at radius 1 is 1.47 bits per heavy atom. The minimum Gasteiger partial charge on any atom is -0.481 e. The molecule has 1 aliphatic heterocycles. The predicted molar refractivity (Wildman–Crippen MR) is 54.6 cm³/mol. The summed E-state index contributed by atoms with van der Waals surface area (Å²) >= 11 is 0. The standard InChI is InChI=1S/C11H9NO3/c13-9-5-8-3-7(4-11(14)15)1-2-10(8)12-6-9/h1-3,6H,4-5H2,(H,14,15). The third kappa shape index (κ3) is 2.10. The molecule has 4 nitrogen and oxygen atoms in total. The highest BCUT2D eigenvalue weighted by Gasteiger charge is 2.12. The predicted octanol–water partition coefficient (Wildman–Crippen LogP) is 1.14. The van der Waals surface area contributed by atoms with Crippen LogP contribution in [0.1, 0.15) is 11.1 Å². The number of nitrogens with zero attached hydrogens (tertiary/aromatic N) is 1.